The van der Waals surface area contributed by atoms with Crippen molar-refractivity contribution in [3.63, 3.8) is 0 Å². The van der Waals surface area contributed by atoms with Gasteiger partial charge in [-0.2, -0.15) is 0 Å². The van der Waals surface area contributed by atoms with E-state index in [-0.39, 0.29) is 24.1 Å². The predicted octanol–water partition coefficient (Wildman–Crippen LogP) is 10.2. The van der Waals surface area contributed by atoms with Gasteiger partial charge in [-0.05, 0) is 77.7 Å². The summed E-state index contributed by atoms with van der Waals surface area (Å²) >= 11 is 0. The molecule has 0 amide bonds. The lowest BCUT2D eigenvalue weighted by atomic mass is 10.0. The van der Waals surface area contributed by atoms with Crippen molar-refractivity contribution in [3.8, 4) is 0 Å². The molecule has 5 nitrogen and oxygen atoms in total. The summed E-state index contributed by atoms with van der Waals surface area (Å²) in [5.41, 5.74) is 0. The van der Waals surface area contributed by atoms with Gasteiger partial charge in [-0.15, -0.1) is 0 Å². The molecular weight excluding hydrogens is 498 g/mol. The standard InChI is InChI=1S/C35H69NO4/c1-6-10-13-16-19-26-32(9-4)39-34(37)29-22-24-31(36-5)25-23-30-35(38)40-33(27-20-17-14-11-7-2)28-21-18-15-12-8-3/h31-33,36H,6-30H2,1-5H3. The summed E-state index contributed by atoms with van der Waals surface area (Å²) in [5, 5.41) is 3.37. The highest BCUT2D eigenvalue weighted by molar-refractivity contribution is 5.69. The quantitative estimate of drug-likeness (QED) is 0.0691. The average molecular weight is 568 g/mol. The molecule has 0 fully saturated rings. The van der Waals surface area contributed by atoms with E-state index in [1.54, 1.807) is 0 Å². The molecular formula is C35H69NO4. The molecule has 5 heteroatoms. The van der Waals surface area contributed by atoms with Crippen molar-refractivity contribution in [1.29, 1.82) is 0 Å². The molecule has 2 unspecified atom stereocenters. The molecule has 0 aromatic heterocycles. The van der Waals surface area contributed by atoms with Gasteiger partial charge in [0.2, 0.25) is 0 Å². The molecule has 0 aromatic carbocycles. The van der Waals surface area contributed by atoms with E-state index in [2.05, 4.69) is 33.0 Å². The fourth-order valence-corrected chi connectivity index (χ4v) is 5.44. The number of ether oxygens (including phenoxy) is 2. The second kappa shape index (κ2) is 29.4. The van der Waals surface area contributed by atoms with Gasteiger partial charge in [-0.1, -0.05) is 105 Å². The van der Waals surface area contributed by atoms with E-state index in [0.717, 1.165) is 70.6 Å². The molecule has 0 aliphatic carbocycles. The molecule has 0 aliphatic rings. The third kappa shape index (κ3) is 24.7. The summed E-state index contributed by atoms with van der Waals surface area (Å²) in [6.45, 7) is 8.82. The fourth-order valence-electron chi connectivity index (χ4n) is 5.44. The molecule has 1 N–H and O–H groups in total. The van der Waals surface area contributed by atoms with Gasteiger partial charge in [-0.25, -0.2) is 0 Å². The van der Waals surface area contributed by atoms with Gasteiger partial charge in [0.15, 0.2) is 0 Å². The zero-order valence-corrected chi connectivity index (χ0v) is 27.5. The summed E-state index contributed by atoms with van der Waals surface area (Å²) in [7, 11) is 1.97. The first-order chi connectivity index (χ1) is 19.5. The minimum absolute atomic E-state index is 0.0363. The van der Waals surface area contributed by atoms with Crippen LogP contribution in [0.4, 0.5) is 0 Å². The Labute approximate surface area is 249 Å². The first-order valence-electron chi connectivity index (χ1n) is 17.6. The Kier molecular flexibility index (Phi) is 28.6. The van der Waals surface area contributed by atoms with Gasteiger partial charge in [0.25, 0.3) is 0 Å². The summed E-state index contributed by atoms with van der Waals surface area (Å²) in [6.07, 6.45) is 27.2. The number of carbonyl (C=O) groups excluding carboxylic acids is 2. The van der Waals surface area contributed by atoms with Gasteiger partial charge in [0.05, 0.1) is 0 Å². The molecule has 0 saturated carbocycles. The molecule has 238 valence electrons. The van der Waals surface area contributed by atoms with Crippen molar-refractivity contribution in [2.75, 3.05) is 7.05 Å². The predicted molar refractivity (Wildman–Crippen MR) is 171 cm³/mol. The number of unbranched alkanes of at least 4 members (excludes halogenated alkanes) is 12. The number of hydrogen-bond donors (Lipinski definition) is 1. The highest BCUT2D eigenvalue weighted by atomic mass is 16.5. The van der Waals surface area contributed by atoms with Crippen molar-refractivity contribution in [3.05, 3.63) is 0 Å². The number of hydrogen-bond acceptors (Lipinski definition) is 5. The topological polar surface area (TPSA) is 64.6 Å². The Balaban J connectivity index is 4.26. The van der Waals surface area contributed by atoms with Crippen molar-refractivity contribution in [2.45, 2.75) is 206 Å². The molecule has 0 aromatic rings. The van der Waals surface area contributed by atoms with E-state index in [1.165, 1.54) is 77.0 Å². The minimum atomic E-state index is -0.0609. The Bertz CT molecular complexity index is 554. The summed E-state index contributed by atoms with van der Waals surface area (Å²) in [6, 6.07) is 0.314. The third-order valence-electron chi connectivity index (χ3n) is 8.22. The fraction of sp³-hybridized carbons (Fsp3) is 0.943. The van der Waals surface area contributed by atoms with Crippen LogP contribution in [0, 0.1) is 0 Å². The minimum Gasteiger partial charge on any atom is -0.462 e. The lowest BCUT2D eigenvalue weighted by molar-refractivity contribution is -0.150. The summed E-state index contributed by atoms with van der Waals surface area (Å²) in [4.78, 5) is 25.0. The molecule has 40 heavy (non-hydrogen) atoms. The van der Waals surface area contributed by atoms with Crippen LogP contribution >= 0.6 is 0 Å². The molecule has 0 heterocycles. The molecule has 0 radical (unpaired) electrons. The van der Waals surface area contributed by atoms with Gasteiger partial charge >= 0.3 is 11.9 Å². The SMILES string of the molecule is CCCCCCCC(CC)OC(=O)CCCC(CCCC(=O)OC(CCCCCCC)CCCCCCC)NC. The van der Waals surface area contributed by atoms with Crippen LogP contribution in [0.1, 0.15) is 188 Å². The molecule has 0 spiro atoms. The van der Waals surface area contributed by atoms with Crippen LogP contribution in [0.15, 0.2) is 0 Å². The van der Waals surface area contributed by atoms with Gasteiger partial charge in [-0.3, -0.25) is 9.59 Å². The Morgan fingerprint density at radius 1 is 0.500 bits per heavy atom. The van der Waals surface area contributed by atoms with Gasteiger partial charge in [0.1, 0.15) is 12.2 Å². The molecule has 0 saturated heterocycles. The van der Waals surface area contributed by atoms with Crippen molar-refractivity contribution in [1.82, 2.24) is 5.32 Å². The Morgan fingerprint density at radius 2 is 0.875 bits per heavy atom. The average Bonchev–Trinajstić information content (AvgIpc) is 2.95. The second-order valence-corrected chi connectivity index (χ2v) is 12.0. The van der Waals surface area contributed by atoms with E-state index in [9.17, 15) is 9.59 Å². The number of carbonyl (C=O) groups is 2. The first kappa shape index (κ1) is 38.9. The number of nitrogens with one attached hydrogen (secondary N) is 1. The number of esters is 2. The third-order valence-corrected chi connectivity index (χ3v) is 8.22. The molecule has 0 bridgehead atoms. The van der Waals surface area contributed by atoms with E-state index < -0.39 is 0 Å². The van der Waals surface area contributed by atoms with Crippen molar-refractivity contribution < 1.29 is 19.1 Å². The van der Waals surface area contributed by atoms with E-state index in [1.807, 2.05) is 7.05 Å². The highest BCUT2D eigenvalue weighted by Gasteiger charge is 2.16. The van der Waals surface area contributed by atoms with Crippen LogP contribution in [0.2, 0.25) is 0 Å². The van der Waals surface area contributed by atoms with Gasteiger partial charge < -0.3 is 14.8 Å². The summed E-state index contributed by atoms with van der Waals surface area (Å²) in [5.74, 6) is -0.0971. The van der Waals surface area contributed by atoms with Crippen LogP contribution in [-0.4, -0.2) is 37.2 Å². The maximum Gasteiger partial charge on any atom is 0.306 e. The van der Waals surface area contributed by atoms with Gasteiger partial charge in [0, 0.05) is 18.9 Å². The zero-order chi connectivity index (χ0) is 29.7. The van der Waals surface area contributed by atoms with Crippen LogP contribution in [0.3, 0.4) is 0 Å². The molecule has 0 rings (SSSR count). The normalized spacial score (nSPS) is 12.9. The highest BCUT2D eigenvalue weighted by Crippen LogP contribution is 2.18. The monoisotopic (exact) mass is 568 g/mol. The van der Waals surface area contributed by atoms with E-state index in [4.69, 9.17) is 9.47 Å². The molecule has 2 atom stereocenters. The van der Waals surface area contributed by atoms with Crippen LogP contribution in [0.25, 0.3) is 0 Å². The first-order valence-corrected chi connectivity index (χ1v) is 17.6. The largest absolute Gasteiger partial charge is 0.462 e. The second-order valence-electron chi connectivity index (χ2n) is 12.0. The maximum absolute atomic E-state index is 12.7. The molecule has 0 aliphatic heterocycles. The Morgan fingerprint density at radius 3 is 1.25 bits per heavy atom. The van der Waals surface area contributed by atoms with Crippen molar-refractivity contribution in [2.24, 2.45) is 0 Å². The number of rotatable bonds is 30. The maximum atomic E-state index is 12.7. The van der Waals surface area contributed by atoms with E-state index >= 15 is 0 Å². The van der Waals surface area contributed by atoms with Crippen LogP contribution < -0.4 is 5.32 Å². The lowest BCUT2D eigenvalue weighted by Gasteiger charge is -2.19. The summed E-state index contributed by atoms with van der Waals surface area (Å²) < 4.78 is 11.7. The van der Waals surface area contributed by atoms with E-state index in [0.29, 0.717) is 18.9 Å². The zero-order valence-electron chi connectivity index (χ0n) is 27.5. The van der Waals surface area contributed by atoms with Crippen LogP contribution in [0.5, 0.6) is 0 Å². The Hall–Kier alpha value is -1.10. The lowest BCUT2D eigenvalue weighted by Crippen LogP contribution is -2.26. The smallest absolute Gasteiger partial charge is 0.306 e. The van der Waals surface area contributed by atoms with Crippen LogP contribution in [-0.2, 0) is 19.1 Å². The van der Waals surface area contributed by atoms with Crippen molar-refractivity contribution >= 4 is 11.9 Å².